The van der Waals surface area contributed by atoms with E-state index in [2.05, 4.69) is 0 Å². The summed E-state index contributed by atoms with van der Waals surface area (Å²) in [5.41, 5.74) is 1.05. The van der Waals surface area contributed by atoms with Crippen LogP contribution in [0.5, 0.6) is 0 Å². The minimum atomic E-state index is -0.840. The van der Waals surface area contributed by atoms with Crippen molar-refractivity contribution >= 4 is 5.69 Å². The maximum atomic E-state index is 13.5. The lowest BCUT2D eigenvalue weighted by Crippen LogP contribution is -2.17. The Kier molecular flexibility index (Phi) is 4.59. The van der Waals surface area contributed by atoms with Gasteiger partial charge in [0.2, 0.25) is 5.82 Å². The van der Waals surface area contributed by atoms with Crippen molar-refractivity contribution in [3.05, 3.63) is 75.3 Å². The molecule has 2 aromatic carbocycles. The summed E-state index contributed by atoms with van der Waals surface area (Å²) in [6.45, 7) is 1.01. The first-order valence-electron chi connectivity index (χ1n) is 6.31. The molecule has 0 unspecified atom stereocenters. The number of hydrogen-bond acceptors (Lipinski definition) is 3. The highest BCUT2D eigenvalue weighted by Gasteiger charge is 2.14. The maximum absolute atomic E-state index is 13.5. The van der Waals surface area contributed by atoms with Crippen LogP contribution in [0.2, 0.25) is 0 Å². The Morgan fingerprint density at radius 1 is 1.05 bits per heavy atom. The van der Waals surface area contributed by atoms with E-state index in [4.69, 9.17) is 0 Å². The van der Waals surface area contributed by atoms with Crippen LogP contribution < -0.4 is 0 Å². The molecule has 0 spiro atoms. The number of hydrogen-bond donors (Lipinski definition) is 0. The molecule has 0 saturated carbocycles. The molecular formula is C15H14F2N2O2. The summed E-state index contributed by atoms with van der Waals surface area (Å²) in [7, 11) is 1.84. The smallest absolute Gasteiger partial charge is 0.298 e. The van der Waals surface area contributed by atoms with Gasteiger partial charge in [-0.3, -0.25) is 15.0 Å². The van der Waals surface area contributed by atoms with Crippen molar-refractivity contribution < 1.29 is 13.7 Å². The van der Waals surface area contributed by atoms with E-state index in [1.165, 1.54) is 24.3 Å². The van der Waals surface area contributed by atoms with Gasteiger partial charge in [-0.2, -0.15) is 4.39 Å². The van der Waals surface area contributed by atoms with Gasteiger partial charge in [-0.15, -0.1) is 0 Å². The van der Waals surface area contributed by atoms with Crippen molar-refractivity contribution in [1.29, 1.82) is 0 Å². The van der Waals surface area contributed by atoms with Gasteiger partial charge >= 0.3 is 5.69 Å². The van der Waals surface area contributed by atoms with Crippen molar-refractivity contribution in [1.82, 2.24) is 4.90 Å². The standard InChI is InChI=1S/C15H14F2N2O2/c1-18(9-11-2-5-13(16)6-3-11)10-12-4-7-15(19(20)21)14(17)8-12/h2-8H,9-10H2,1H3. The second-order valence-electron chi connectivity index (χ2n) is 4.84. The van der Waals surface area contributed by atoms with Gasteiger partial charge < -0.3 is 0 Å². The first-order valence-corrected chi connectivity index (χ1v) is 6.31. The number of nitrogens with zero attached hydrogens (tertiary/aromatic N) is 2. The molecule has 0 fully saturated rings. The lowest BCUT2D eigenvalue weighted by molar-refractivity contribution is -0.387. The van der Waals surface area contributed by atoms with E-state index in [9.17, 15) is 18.9 Å². The molecule has 0 aromatic heterocycles. The topological polar surface area (TPSA) is 46.4 Å². The zero-order valence-electron chi connectivity index (χ0n) is 11.4. The minimum Gasteiger partial charge on any atom is -0.298 e. The molecule has 4 nitrogen and oxygen atoms in total. The Hall–Kier alpha value is -2.34. The number of nitro groups is 1. The molecule has 0 N–H and O–H groups in total. The van der Waals surface area contributed by atoms with Gasteiger partial charge in [0.15, 0.2) is 0 Å². The largest absolute Gasteiger partial charge is 0.304 e. The van der Waals surface area contributed by atoms with Crippen molar-refractivity contribution in [3.63, 3.8) is 0 Å². The number of nitro benzene ring substituents is 1. The summed E-state index contributed by atoms with van der Waals surface area (Å²) in [6, 6.07) is 9.99. The van der Waals surface area contributed by atoms with Crippen LogP contribution in [0.25, 0.3) is 0 Å². The molecule has 21 heavy (non-hydrogen) atoms. The molecular weight excluding hydrogens is 278 g/mol. The average molecular weight is 292 g/mol. The Labute approximate surface area is 120 Å². The Morgan fingerprint density at radius 2 is 1.62 bits per heavy atom. The molecule has 0 amide bonds. The van der Waals surface area contributed by atoms with E-state index < -0.39 is 16.4 Å². The average Bonchev–Trinajstić information content (AvgIpc) is 2.41. The van der Waals surface area contributed by atoms with Crippen LogP contribution in [-0.4, -0.2) is 16.9 Å². The van der Waals surface area contributed by atoms with Crippen LogP contribution >= 0.6 is 0 Å². The van der Waals surface area contributed by atoms with Crippen LogP contribution in [-0.2, 0) is 13.1 Å². The van der Waals surface area contributed by atoms with Gasteiger partial charge in [0.1, 0.15) is 5.82 Å². The number of rotatable bonds is 5. The van der Waals surface area contributed by atoms with Crippen LogP contribution in [0.3, 0.4) is 0 Å². The summed E-state index contributed by atoms with van der Waals surface area (Å²) < 4.78 is 26.3. The SMILES string of the molecule is CN(Cc1ccc(F)cc1)Cc1ccc([N+](=O)[O-])c(F)c1. The first-order chi connectivity index (χ1) is 9.95. The highest BCUT2D eigenvalue weighted by Crippen LogP contribution is 2.19. The third kappa shape index (κ3) is 4.06. The van der Waals surface area contributed by atoms with Crippen molar-refractivity contribution in [2.75, 3.05) is 7.05 Å². The molecule has 0 aliphatic heterocycles. The predicted octanol–water partition coefficient (Wildman–Crippen LogP) is 3.51. The van der Waals surface area contributed by atoms with Gasteiger partial charge in [-0.1, -0.05) is 18.2 Å². The third-order valence-electron chi connectivity index (χ3n) is 3.03. The van der Waals surface area contributed by atoms with Crippen LogP contribution in [0.15, 0.2) is 42.5 Å². The highest BCUT2D eigenvalue weighted by atomic mass is 19.1. The Balaban J connectivity index is 2.02. The monoisotopic (exact) mass is 292 g/mol. The molecule has 6 heteroatoms. The van der Waals surface area contributed by atoms with E-state index in [-0.39, 0.29) is 5.82 Å². The molecule has 0 radical (unpaired) electrons. The molecule has 2 aromatic rings. The van der Waals surface area contributed by atoms with Crippen molar-refractivity contribution in [3.8, 4) is 0 Å². The quantitative estimate of drug-likeness (QED) is 0.626. The fourth-order valence-corrected chi connectivity index (χ4v) is 2.07. The summed E-state index contributed by atoms with van der Waals surface area (Å²) in [4.78, 5) is 11.7. The zero-order valence-corrected chi connectivity index (χ0v) is 11.4. The van der Waals surface area contributed by atoms with Crippen LogP contribution in [0, 0.1) is 21.7 Å². The fraction of sp³-hybridized carbons (Fsp3) is 0.200. The normalized spacial score (nSPS) is 10.9. The second kappa shape index (κ2) is 6.41. The van der Waals surface area contributed by atoms with Crippen molar-refractivity contribution in [2.24, 2.45) is 0 Å². The molecule has 0 heterocycles. The van der Waals surface area contributed by atoms with Crippen molar-refractivity contribution in [2.45, 2.75) is 13.1 Å². The molecule has 0 aliphatic carbocycles. The van der Waals surface area contributed by atoms with Crippen LogP contribution in [0.4, 0.5) is 14.5 Å². The molecule has 0 aliphatic rings. The molecule has 110 valence electrons. The maximum Gasteiger partial charge on any atom is 0.304 e. The summed E-state index contributed by atoms with van der Waals surface area (Å²) >= 11 is 0. The van der Waals surface area contributed by atoms with Gasteiger partial charge in [0.05, 0.1) is 4.92 Å². The fourth-order valence-electron chi connectivity index (χ4n) is 2.07. The van der Waals surface area contributed by atoms with Gasteiger partial charge in [0.25, 0.3) is 0 Å². The van der Waals surface area contributed by atoms with E-state index in [0.717, 1.165) is 11.6 Å². The van der Waals surface area contributed by atoms with Gasteiger partial charge in [-0.25, -0.2) is 4.39 Å². The number of benzene rings is 2. The highest BCUT2D eigenvalue weighted by molar-refractivity contribution is 5.35. The lowest BCUT2D eigenvalue weighted by atomic mass is 10.1. The summed E-state index contributed by atoms with van der Waals surface area (Å²) in [5, 5.41) is 10.5. The van der Waals surface area contributed by atoms with Crippen LogP contribution in [0.1, 0.15) is 11.1 Å². The van der Waals surface area contributed by atoms with E-state index >= 15 is 0 Å². The van der Waals surface area contributed by atoms with E-state index in [0.29, 0.717) is 18.7 Å². The lowest BCUT2D eigenvalue weighted by Gasteiger charge is -2.16. The molecule has 0 bridgehead atoms. The van der Waals surface area contributed by atoms with Gasteiger partial charge in [-0.05, 0) is 36.4 Å². The molecule has 0 saturated heterocycles. The molecule has 2 rings (SSSR count). The Bertz CT molecular complexity index is 645. The first kappa shape index (κ1) is 15.1. The minimum absolute atomic E-state index is 0.293. The Morgan fingerprint density at radius 3 is 2.19 bits per heavy atom. The van der Waals surface area contributed by atoms with Gasteiger partial charge in [0, 0.05) is 19.2 Å². The molecule has 0 atom stereocenters. The van der Waals surface area contributed by atoms with E-state index in [1.807, 2.05) is 11.9 Å². The number of halogens is 2. The predicted molar refractivity (Wildman–Crippen MR) is 74.6 cm³/mol. The van der Waals surface area contributed by atoms with E-state index in [1.54, 1.807) is 12.1 Å². The summed E-state index contributed by atoms with van der Waals surface area (Å²) in [6.07, 6.45) is 0. The second-order valence-corrected chi connectivity index (χ2v) is 4.84. The third-order valence-corrected chi connectivity index (χ3v) is 3.03. The summed E-state index contributed by atoms with van der Waals surface area (Å²) in [5.74, 6) is -1.13. The zero-order chi connectivity index (χ0) is 15.4.